The van der Waals surface area contributed by atoms with Crippen LogP contribution in [0, 0.1) is 41.5 Å². The first-order valence-electron chi connectivity index (χ1n) is 19.8. The van der Waals surface area contributed by atoms with Gasteiger partial charge in [0.15, 0.2) is 0 Å². The molecule has 2 nitrogen and oxygen atoms in total. The number of benzene rings is 3. The Kier molecular flexibility index (Phi) is 11.0. The highest BCUT2D eigenvalue weighted by atomic mass is 35.5. The molecule has 3 fully saturated rings. The topological polar surface area (TPSA) is 6.48 Å². The second-order valence-electron chi connectivity index (χ2n) is 16.5. The highest BCUT2D eigenvalue weighted by Crippen LogP contribution is 2.71. The van der Waals surface area contributed by atoms with Crippen LogP contribution in [-0.4, -0.2) is 27.1 Å². The van der Waals surface area contributed by atoms with E-state index in [1.54, 1.807) is 0 Å². The van der Waals surface area contributed by atoms with Crippen LogP contribution in [0.2, 0.25) is 0 Å². The molecule has 3 aromatic carbocycles. The first-order chi connectivity index (χ1) is 24.5. The van der Waals surface area contributed by atoms with Gasteiger partial charge >= 0.3 is 0 Å². The molecule has 3 saturated carbocycles. The average Bonchev–Trinajstić information content (AvgIpc) is 3.51. The molecular formula is C46H59Cl2N2P. The van der Waals surface area contributed by atoms with E-state index in [-0.39, 0.29) is 0 Å². The zero-order valence-electron chi connectivity index (χ0n) is 32.0. The average molecular weight is 742 g/mol. The monoisotopic (exact) mass is 740 g/mol. The SMILES string of the molecule is Cc1cc(C)c(N2C=CN(c3c(C)cc(C)cc3C)C2=C2CC(Cl)(Cl)CCC2P(=Cc2ccccc2)(C2CCCCC2)C2CCCCC2)c(C)c1. The van der Waals surface area contributed by atoms with E-state index in [0.29, 0.717) is 12.1 Å². The zero-order valence-corrected chi connectivity index (χ0v) is 34.4. The fraction of sp³-hybridized carbons (Fsp3) is 0.500. The van der Waals surface area contributed by atoms with Crippen molar-refractivity contribution in [2.75, 3.05) is 9.80 Å². The number of hydrogen-bond donors (Lipinski definition) is 0. The van der Waals surface area contributed by atoms with Crippen molar-refractivity contribution in [3.05, 3.63) is 117 Å². The Labute approximate surface area is 319 Å². The number of allylic oxidation sites excluding steroid dienone is 1. The van der Waals surface area contributed by atoms with E-state index in [2.05, 4.69) is 124 Å². The summed E-state index contributed by atoms with van der Waals surface area (Å²) in [4.78, 5) is 5.08. The van der Waals surface area contributed by atoms with Crippen molar-refractivity contribution in [2.24, 2.45) is 0 Å². The van der Waals surface area contributed by atoms with Gasteiger partial charge in [0, 0.05) is 24.5 Å². The van der Waals surface area contributed by atoms with Crippen molar-refractivity contribution in [1.82, 2.24) is 0 Å². The van der Waals surface area contributed by atoms with Crippen LogP contribution in [0.25, 0.3) is 0 Å². The molecule has 0 bridgehead atoms. The maximum atomic E-state index is 7.42. The summed E-state index contributed by atoms with van der Waals surface area (Å²) < 4.78 is -0.797. The minimum absolute atomic E-state index is 0.437. The lowest BCUT2D eigenvalue weighted by atomic mass is 9.91. The molecule has 5 heteroatoms. The maximum absolute atomic E-state index is 7.42. The predicted molar refractivity (Wildman–Crippen MR) is 227 cm³/mol. The molecular weight excluding hydrogens is 682 g/mol. The molecule has 0 aromatic heterocycles. The highest BCUT2D eigenvalue weighted by Gasteiger charge is 2.50. The summed E-state index contributed by atoms with van der Waals surface area (Å²) in [7, 11) is 0. The van der Waals surface area contributed by atoms with E-state index in [4.69, 9.17) is 23.2 Å². The standard InChI is InChI=1S/C46H59Cl2N2P/c1-32-26-34(3)43(35(4)27-32)49-24-25-50(44-36(5)28-33(2)29-37(44)6)45(49)41-30-46(47,48)23-22-42(41)51(39-18-12-8-13-19-39,40-20-14-9-15-21-40)31-38-16-10-7-11-17-38/h7,10-11,16-17,24-29,31,39-40,42H,8-9,12-15,18-23,30H2,1-6H3. The molecule has 0 spiro atoms. The molecule has 1 unspecified atom stereocenters. The Balaban J connectivity index is 1.56. The molecule has 0 N–H and O–H groups in total. The van der Waals surface area contributed by atoms with Gasteiger partial charge in [-0.3, -0.25) is 0 Å². The van der Waals surface area contributed by atoms with E-state index >= 15 is 0 Å². The van der Waals surface area contributed by atoms with Crippen LogP contribution in [0.4, 0.5) is 11.4 Å². The number of rotatable bonds is 6. The number of anilines is 2. The Morgan fingerprint density at radius 3 is 1.53 bits per heavy atom. The number of nitrogens with zero attached hydrogens (tertiary/aromatic N) is 2. The van der Waals surface area contributed by atoms with Crippen LogP contribution in [0.15, 0.2) is 78.4 Å². The van der Waals surface area contributed by atoms with Crippen molar-refractivity contribution in [1.29, 1.82) is 0 Å². The fourth-order valence-electron chi connectivity index (χ4n) is 10.9. The predicted octanol–water partition coefficient (Wildman–Crippen LogP) is 13.8. The molecule has 272 valence electrons. The van der Waals surface area contributed by atoms with Gasteiger partial charge in [0.2, 0.25) is 0 Å². The molecule has 1 atom stereocenters. The van der Waals surface area contributed by atoms with Gasteiger partial charge in [-0.15, -0.1) is 23.2 Å². The van der Waals surface area contributed by atoms with Gasteiger partial charge in [-0.05, 0) is 125 Å². The molecule has 3 aliphatic carbocycles. The van der Waals surface area contributed by atoms with Gasteiger partial charge in [-0.1, -0.05) is 117 Å². The smallest absolute Gasteiger partial charge is 0.122 e. The van der Waals surface area contributed by atoms with Gasteiger partial charge in [-0.2, -0.15) is 0 Å². The lowest BCUT2D eigenvalue weighted by molar-refractivity contribution is 0.472. The molecule has 51 heavy (non-hydrogen) atoms. The first kappa shape index (κ1) is 37.0. The number of aryl methyl sites for hydroxylation is 6. The second-order valence-corrected chi connectivity index (χ2v) is 22.3. The van der Waals surface area contributed by atoms with Crippen molar-refractivity contribution in [2.45, 2.75) is 146 Å². The molecule has 1 heterocycles. The Morgan fingerprint density at radius 2 is 1.08 bits per heavy atom. The third-order valence-corrected chi connectivity index (χ3v) is 19.2. The highest BCUT2D eigenvalue weighted by molar-refractivity contribution is 7.77. The molecule has 7 rings (SSSR count). The Bertz CT molecular complexity index is 1720. The van der Waals surface area contributed by atoms with E-state index < -0.39 is 11.2 Å². The number of alkyl halides is 2. The van der Waals surface area contributed by atoms with Gasteiger partial charge in [-0.25, -0.2) is 0 Å². The molecule has 0 saturated heterocycles. The van der Waals surface area contributed by atoms with Crippen molar-refractivity contribution < 1.29 is 0 Å². The summed E-state index contributed by atoms with van der Waals surface area (Å²) in [6, 6.07) is 20.8. The lowest BCUT2D eigenvalue weighted by Gasteiger charge is -2.53. The molecule has 1 aliphatic heterocycles. The molecule has 4 aliphatic rings. The molecule has 0 radical (unpaired) electrons. The minimum Gasteiger partial charge on any atom is -0.301 e. The third-order valence-electron chi connectivity index (χ3n) is 12.6. The summed E-state index contributed by atoms with van der Waals surface area (Å²) in [5.74, 6) is 4.20. The van der Waals surface area contributed by atoms with Gasteiger partial charge in [0.25, 0.3) is 0 Å². The van der Waals surface area contributed by atoms with Crippen LogP contribution < -0.4 is 9.80 Å². The van der Waals surface area contributed by atoms with Crippen molar-refractivity contribution >= 4 is 47.3 Å². The first-order valence-corrected chi connectivity index (χ1v) is 22.6. The molecule has 0 amide bonds. The van der Waals surface area contributed by atoms with Crippen LogP contribution >= 0.6 is 30.1 Å². The summed E-state index contributed by atoms with van der Waals surface area (Å²) in [5.41, 5.74) is 15.3. The second kappa shape index (κ2) is 15.2. The Morgan fingerprint density at radius 1 is 0.627 bits per heavy atom. The van der Waals surface area contributed by atoms with Crippen LogP contribution in [0.1, 0.15) is 122 Å². The van der Waals surface area contributed by atoms with E-state index in [1.165, 1.54) is 126 Å². The van der Waals surface area contributed by atoms with Crippen LogP contribution in [-0.2, 0) is 0 Å². The summed E-state index contributed by atoms with van der Waals surface area (Å²) in [5, 5.41) is 0. The normalized spacial score (nSPS) is 21.8. The summed E-state index contributed by atoms with van der Waals surface area (Å²) in [6.45, 7) is 11.8. The van der Waals surface area contributed by atoms with E-state index in [1.807, 2.05) is 0 Å². The minimum atomic E-state index is -1.79. The lowest BCUT2D eigenvalue weighted by Crippen LogP contribution is -2.40. The van der Waals surface area contributed by atoms with Gasteiger partial charge in [0.1, 0.15) is 10.2 Å². The quantitative estimate of drug-likeness (QED) is 0.183. The zero-order chi connectivity index (χ0) is 35.9. The van der Waals surface area contributed by atoms with E-state index in [0.717, 1.165) is 24.2 Å². The van der Waals surface area contributed by atoms with Gasteiger partial charge in [0.05, 0.1) is 11.4 Å². The van der Waals surface area contributed by atoms with Crippen molar-refractivity contribution in [3.63, 3.8) is 0 Å². The van der Waals surface area contributed by atoms with Gasteiger partial charge < -0.3 is 9.80 Å². The molecule has 3 aromatic rings. The van der Waals surface area contributed by atoms with E-state index in [9.17, 15) is 0 Å². The largest absolute Gasteiger partial charge is 0.301 e. The number of hydrogen-bond acceptors (Lipinski definition) is 2. The third kappa shape index (κ3) is 7.29. The van der Waals surface area contributed by atoms with Crippen LogP contribution in [0.5, 0.6) is 0 Å². The fourth-order valence-corrected chi connectivity index (χ4v) is 18.1. The van der Waals surface area contributed by atoms with Crippen molar-refractivity contribution in [3.8, 4) is 0 Å². The summed E-state index contributed by atoms with van der Waals surface area (Å²) in [6.07, 6.45) is 20.9. The number of halogens is 2. The Hall–Kier alpha value is -2.38. The maximum Gasteiger partial charge on any atom is 0.122 e. The van der Waals surface area contributed by atoms with Crippen LogP contribution in [0.3, 0.4) is 0 Å². The summed E-state index contributed by atoms with van der Waals surface area (Å²) >= 11 is 14.8.